The van der Waals surface area contributed by atoms with E-state index in [9.17, 15) is 4.79 Å². The minimum atomic E-state index is -0.0282. The Kier molecular flexibility index (Phi) is 4.07. The normalized spacial score (nSPS) is 15.6. The SMILES string of the molecule is CCCC(=O)c1cc2nc(Cl)nc(N3CCOCC3)c2o1. The van der Waals surface area contributed by atoms with E-state index in [1.54, 1.807) is 6.07 Å². The van der Waals surface area contributed by atoms with Gasteiger partial charge in [-0.15, -0.1) is 0 Å². The molecule has 21 heavy (non-hydrogen) atoms. The summed E-state index contributed by atoms with van der Waals surface area (Å²) in [7, 11) is 0. The van der Waals surface area contributed by atoms with Crippen LogP contribution in [-0.4, -0.2) is 42.1 Å². The van der Waals surface area contributed by atoms with Crippen LogP contribution >= 0.6 is 11.6 Å². The fourth-order valence-corrected chi connectivity index (χ4v) is 2.54. The summed E-state index contributed by atoms with van der Waals surface area (Å²) in [6.45, 7) is 4.63. The summed E-state index contributed by atoms with van der Waals surface area (Å²) in [5.41, 5.74) is 1.08. The second kappa shape index (κ2) is 5.99. The maximum Gasteiger partial charge on any atom is 0.225 e. The lowest BCUT2D eigenvalue weighted by Gasteiger charge is -2.27. The number of Topliss-reactive ketones (excluding diaryl/α,β-unsaturated/α-hetero) is 1. The zero-order chi connectivity index (χ0) is 14.8. The van der Waals surface area contributed by atoms with Gasteiger partial charge in [0.1, 0.15) is 5.52 Å². The predicted octanol–water partition coefficient (Wildman–Crippen LogP) is 2.70. The van der Waals surface area contributed by atoms with Gasteiger partial charge in [-0.25, -0.2) is 4.98 Å². The van der Waals surface area contributed by atoms with Crippen molar-refractivity contribution in [3.8, 4) is 0 Å². The van der Waals surface area contributed by atoms with E-state index in [-0.39, 0.29) is 11.1 Å². The summed E-state index contributed by atoms with van der Waals surface area (Å²) in [4.78, 5) is 22.4. The third kappa shape index (κ3) is 2.87. The molecule has 3 heterocycles. The van der Waals surface area contributed by atoms with E-state index < -0.39 is 0 Å². The number of ether oxygens (including phenoxy) is 1. The Morgan fingerprint density at radius 3 is 2.86 bits per heavy atom. The highest BCUT2D eigenvalue weighted by molar-refractivity contribution is 6.28. The van der Waals surface area contributed by atoms with Gasteiger partial charge in [-0.1, -0.05) is 6.92 Å². The molecule has 112 valence electrons. The van der Waals surface area contributed by atoms with Gasteiger partial charge < -0.3 is 14.1 Å². The molecule has 0 N–H and O–H groups in total. The van der Waals surface area contributed by atoms with E-state index in [0.29, 0.717) is 55.4 Å². The van der Waals surface area contributed by atoms with Crippen LogP contribution in [0.25, 0.3) is 11.1 Å². The van der Waals surface area contributed by atoms with Crippen LogP contribution in [0.5, 0.6) is 0 Å². The number of carbonyl (C=O) groups is 1. The second-order valence-electron chi connectivity index (χ2n) is 4.91. The molecule has 0 unspecified atom stereocenters. The minimum absolute atomic E-state index is 0.0282. The van der Waals surface area contributed by atoms with Crippen molar-refractivity contribution < 1.29 is 13.9 Å². The van der Waals surface area contributed by atoms with Gasteiger partial charge in [-0.2, -0.15) is 4.98 Å². The smallest absolute Gasteiger partial charge is 0.225 e. The van der Waals surface area contributed by atoms with Gasteiger partial charge in [-0.3, -0.25) is 4.79 Å². The molecule has 0 radical (unpaired) electrons. The third-order valence-electron chi connectivity index (χ3n) is 3.39. The van der Waals surface area contributed by atoms with Crippen molar-refractivity contribution in [3.63, 3.8) is 0 Å². The number of furan rings is 1. The molecular weight excluding hydrogens is 294 g/mol. The van der Waals surface area contributed by atoms with Gasteiger partial charge in [0.25, 0.3) is 0 Å². The van der Waals surface area contributed by atoms with E-state index in [1.807, 2.05) is 11.8 Å². The number of hydrogen-bond acceptors (Lipinski definition) is 6. The highest BCUT2D eigenvalue weighted by Crippen LogP contribution is 2.29. The van der Waals surface area contributed by atoms with Gasteiger partial charge in [0.2, 0.25) is 5.28 Å². The summed E-state index contributed by atoms with van der Waals surface area (Å²) in [6, 6.07) is 1.64. The molecule has 1 aliphatic heterocycles. The summed E-state index contributed by atoms with van der Waals surface area (Å²) in [5, 5.41) is 0.152. The Morgan fingerprint density at radius 1 is 1.38 bits per heavy atom. The van der Waals surface area contributed by atoms with Crippen molar-refractivity contribution in [1.82, 2.24) is 9.97 Å². The quantitative estimate of drug-likeness (QED) is 0.639. The van der Waals surface area contributed by atoms with E-state index in [0.717, 1.165) is 6.42 Å². The molecule has 0 atom stereocenters. The maximum atomic E-state index is 12.0. The van der Waals surface area contributed by atoms with Crippen LogP contribution in [0.4, 0.5) is 5.82 Å². The molecule has 3 rings (SSSR count). The second-order valence-corrected chi connectivity index (χ2v) is 5.25. The molecule has 0 aromatic carbocycles. The van der Waals surface area contributed by atoms with E-state index in [1.165, 1.54) is 0 Å². The van der Waals surface area contributed by atoms with Crippen LogP contribution in [0.15, 0.2) is 10.5 Å². The van der Waals surface area contributed by atoms with Crippen molar-refractivity contribution in [2.24, 2.45) is 0 Å². The monoisotopic (exact) mass is 309 g/mol. The van der Waals surface area contributed by atoms with Crippen molar-refractivity contribution in [2.45, 2.75) is 19.8 Å². The highest BCUT2D eigenvalue weighted by atomic mass is 35.5. The number of aromatic nitrogens is 2. The number of carbonyl (C=O) groups excluding carboxylic acids is 1. The number of morpholine rings is 1. The van der Waals surface area contributed by atoms with E-state index >= 15 is 0 Å². The lowest BCUT2D eigenvalue weighted by molar-refractivity contribution is 0.0957. The lowest BCUT2D eigenvalue weighted by atomic mass is 10.2. The molecule has 7 heteroatoms. The zero-order valence-corrected chi connectivity index (χ0v) is 12.5. The predicted molar refractivity (Wildman–Crippen MR) is 79.1 cm³/mol. The molecule has 0 spiro atoms. The zero-order valence-electron chi connectivity index (χ0n) is 11.8. The van der Waals surface area contributed by atoms with Gasteiger partial charge in [-0.05, 0) is 18.0 Å². The number of ketones is 1. The van der Waals surface area contributed by atoms with Crippen LogP contribution < -0.4 is 4.90 Å². The molecule has 0 amide bonds. The molecule has 6 nitrogen and oxygen atoms in total. The first-order valence-corrected chi connectivity index (χ1v) is 7.40. The Bertz CT molecular complexity index is 665. The van der Waals surface area contributed by atoms with Crippen LogP contribution in [0, 0.1) is 0 Å². The summed E-state index contributed by atoms with van der Waals surface area (Å²) < 4.78 is 11.0. The van der Waals surface area contributed by atoms with E-state index in [4.69, 9.17) is 20.8 Å². The molecule has 2 aromatic heterocycles. The van der Waals surface area contributed by atoms with Gasteiger partial charge in [0.05, 0.1) is 13.2 Å². The van der Waals surface area contributed by atoms with Crippen molar-refractivity contribution in [3.05, 3.63) is 17.1 Å². The first kappa shape index (κ1) is 14.3. The summed E-state index contributed by atoms with van der Waals surface area (Å²) >= 11 is 5.99. The van der Waals surface area contributed by atoms with Crippen molar-refractivity contribution in [1.29, 1.82) is 0 Å². The molecule has 1 fully saturated rings. The first-order chi connectivity index (χ1) is 10.2. The molecular formula is C14H16ClN3O3. The summed E-state index contributed by atoms with van der Waals surface area (Å²) in [5.74, 6) is 0.918. The Hall–Kier alpha value is -1.66. The fourth-order valence-electron chi connectivity index (χ4n) is 2.36. The lowest BCUT2D eigenvalue weighted by Crippen LogP contribution is -2.36. The average molecular weight is 310 g/mol. The molecule has 2 aromatic rings. The Morgan fingerprint density at radius 2 is 2.14 bits per heavy atom. The van der Waals surface area contributed by atoms with E-state index in [2.05, 4.69) is 9.97 Å². The summed E-state index contributed by atoms with van der Waals surface area (Å²) in [6.07, 6.45) is 1.23. The van der Waals surface area contributed by atoms with Crippen molar-refractivity contribution >= 4 is 34.3 Å². The maximum absolute atomic E-state index is 12.0. The van der Waals surface area contributed by atoms with Gasteiger partial charge in [0, 0.05) is 25.6 Å². The Labute approximate surface area is 127 Å². The number of rotatable bonds is 4. The fraction of sp³-hybridized carbons (Fsp3) is 0.500. The minimum Gasteiger partial charge on any atom is -0.447 e. The Balaban J connectivity index is 2.04. The topological polar surface area (TPSA) is 68.5 Å². The third-order valence-corrected chi connectivity index (χ3v) is 3.56. The highest BCUT2D eigenvalue weighted by Gasteiger charge is 2.22. The molecule has 1 saturated heterocycles. The van der Waals surface area contributed by atoms with Crippen LogP contribution in [0.2, 0.25) is 5.28 Å². The van der Waals surface area contributed by atoms with Crippen LogP contribution in [-0.2, 0) is 4.74 Å². The first-order valence-electron chi connectivity index (χ1n) is 7.02. The van der Waals surface area contributed by atoms with Gasteiger partial charge >= 0.3 is 0 Å². The average Bonchev–Trinajstić information content (AvgIpc) is 2.91. The number of hydrogen-bond donors (Lipinski definition) is 0. The number of anilines is 1. The molecule has 0 bridgehead atoms. The van der Waals surface area contributed by atoms with Gasteiger partial charge in [0.15, 0.2) is 22.9 Å². The van der Waals surface area contributed by atoms with Crippen LogP contribution in [0.3, 0.4) is 0 Å². The van der Waals surface area contributed by atoms with Crippen LogP contribution in [0.1, 0.15) is 30.3 Å². The largest absolute Gasteiger partial charge is 0.447 e. The number of fused-ring (bicyclic) bond motifs is 1. The molecule has 0 saturated carbocycles. The van der Waals surface area contributed by atoms with Crippen molar-refractivity contribution in [2.75, 3.05) is 31.2 Å². The standard InChI is InChI=1S/C14H16ClN3O3/c1-2-3-10(19)11-8-9-12(21-11)13(17-14(15)16-9)18-4-6-20-7-5-18/h8H,2-7H2,1H3. The number of nitrogens with zero attached hydrogens (tertiary/aromatic N) is 3. The molecule has 1 aliphatic rings. The number of halogens is 1. The molecule has 0 aliphatic carbocycles.